The first-order valence-electron chi connectivity index (χ1n) is 11.0. The molecule has 2 aliphatic rings. The Labute approximate surface area is 182 Å². The van der Waals surface area contributed by atoms with Gasteiger partial charge in [-0.2, -0.15) is 5.10 Å². The van der Waals surface area contributed by atoms with Gasteiger partial charge in [0.2, 0.25) is 5.91 Å². The average Bonchev–Trinajstić information content (AvgIpc) is 3.22. The fourth-order valence-corrected chi connectivity index (χ4v) is 4.42. The molecule has 0 bridgehead atoms. The highest BCUT2D eigenvalue weighted by molar-refractivity contribution is 5.84. The molecule has 0 unspecified atom stereocenters. The van der Waals surface area contributed by atoms with E-state index in [-0.39, 0.29) is 5.91 Å². The number of aromatic nitrogens is 2. The predicted molar refractivity (Wildman–Crippen MR) is 117 cm³/mol. The van der Waals surface area contributed by atoms with Gasteiger partial charge in [0, 0.05) is 30.9 Å². The second-order valence-corrected chi connectivity index (χ2v) is 8.31. The van der Waals surface area contributed by atoms with Gasteiger partial charge in [0.1, 0.15) is 12.4 Å². The molecule has 0 radical (unpaired) electrons. The molecule has 160 valence electrons. The summed E-state index contributed by atoms with van der Waals surface area (Å²) in [6, 6.07) is 18.0. The number of nitrogens with one attached hydrogen (secondary N) is 1. The van der Waals surface area contributed by atoms with Crippen LogP contribution in [0.4, 0.5) is 0 Å². The lowest BCUT2D eigenvalue weighted by Gasteiger charge is -2.32. The molecule has 1 aromatic heterocycles. The zero-order chi connectivity index (χ0) is 21.0. The number of hydrogen-bond donors (Lipinski definition) is 1. The molecule has 0 spiro atoms. The molecular formula is C25H27N3O3. The number of para-hydroxylation sites is 1. The Morgan fingerprint density at radius 3 is 2.68 bits per heavy atom. The molecule has 0 saturated carbocycles. The summed E-state index contributed by atoms with van der Waals surface area (Å²) in [6.45, 7) is 3.47. The molecule has 5 rings (SSSR count). The first kappa shape index (κ1) is 19.8. The van der Waals surface area contributed by atoms with Gasteiger partial charge in [0.05, 0.1) is 24.4 Å². The van der Waals surface area contributed by atoms with Crippen molar-refractivity contribution in [3.63, 3.8) is 0 Å². The largest absolute Gasteiger partial charge is 0.488 e. The SMILES string of the molecule is O=C1Cc2c(-c3ccccc3OCc3ccccc3)n[nH]c2CN1CC1CCOCC1. The van der Waals surface area contributed by atoms with Crippen LogP contribution in [0.3, 0.4) is 0 Å². The lowest BCUT2D eigenvalue weighted by Crippen LogP contribution is -2.40. The number of H-pyrrole nitrogens is 1. The summed E-state index contributed by atoms with van der Waals surface area (Å²) in [7, 11) is 0. The highest BCUT2D eigenvalue weighted by Crippen LogP contribution is 2.35. The van der Waals surface area contributed by atoms with Crippen molar-refractivity contribution in [2.45, 2.75) is 32.4 Å². The van der Waals surface area contributed by atoms with Crippen molar-refractivity contribution in [1.82, 2.24) is 15.1 Å². The maximum absolute atomic E-state index is 12.9. The number of hydrogen-bond acceptors (Lipinski definition) is 4. The molecule has 1 fully saturated rings. The van der Waals surface area contributed by atoms with Crippen molar-refractivity contribution in [3.05, 3.63) is 71.4 Å². The van der Waals surface area contributed by atoms with Gasteiger partial charge in [-0.25, -0.2) is 0 Å². The molecule has 2 aliphatic heterocycles. The van der Waals surface area contributed by atoms with Crippen LogP contribution in [-0.2, 0) is 29.1 Å². The Kier molecular flexibility index (Phi) is 5.71. The van der Waals surface area contributed by atoms with E-state index in [9.17, 15) is 4.79 Å². The molecule has 0 atom stereocenters. The predicted octanol–water partition coefficient (Wildman–Crippen LogP) is 3.97. The van der Waals surface area contributed by atoms with E-state index in [1.54, 1.807) is 0 Å². The lowest BCUT2D eigenvalue weighted by molar-refractivity contribution is -0.133. The number of nitrogens with zero attached hydrogens (tertiary/aromatic N) is 2. The third-order valence-electron chi connectivity index (χ3n) is 6.18. The van der Waals surface area contributed by atoms with Crippen LogP contribution >= 0.6 is 0 Å². The molecule has 3 aromatic rings. The third-order valence-corrected chi connectivity index (χ3v) is 6.18. The van der Waals surface area contributed by atoms with Gasteiger partial charge in [0.15, 0.2) is 0 Å². The van der Waals surface area contributed by atoms with Crippen molar-refractivity contribution in [3.8, 4) is 17.0 Å². The smallest absolute Gasteiger partial charge is 0.227 e. The van der Waals surface area contributed by atoms with Crippen molar-refractivity contribution in [2.24, 2.45) is 5.92 Å². The number of carbonyl (C=O) groups excluding carboxylic acids is 1. The van der Waals surface area contributed by atoms with E-state index in [2.05, 4.69) is 10.2 Å². The van der Waals surface area contributed by atoms with E-state index in [1.165, 1.54) is 0 Å². The highest BCUT2D eigenvalue weighted by atomic mass is 16.5. The molecule has 6 nitrogen and oxygen atoms in total. The number of amides is 1. The second kappa shape index (κ2) is 8.94. The van der Waals surface area contributed by atoms with Crippen LogP contribution in [0.2, 0.25) is 0 Å². The number of fused-ring (bicyclic) bond motifs is 1. The van der Waals surface area contributed by atoms with Gasteiger partial charge in [-0.05, 0) is 36.5 Å². The van der Waals surface area contributed by atoms with Crippen LogP contribution < -0.4 is 4.74 Å². The number of carbonyl (C=O) groups is 1. The third kappa shape index (κ3) is 4.35. The summed E-state index contributed by atoms with van der Waals surface area (Å²) in [6.07, 6.45) is 2.42. The number of ether oxygens (including phenoxy) is 2. The molecule has 6 heteroatoms. The number of rotatable bonds is 6. The maximum atomic E-state index is 12.9. The average molecular weight is 418 g/mol. The van der Waals surface area contributed by atoms with Gasteiger partial charge >= 0.3 is 0 Å². The van der Waals surface area contributed by atoms with E-state index in [0.29, 0.717) is 25.5 Å². The Morgan fingerprint density at radius 2 is 1.84 bits per heavy atom. The van der Waals surface area contributed by atoms with E-state index in [4.69, 9.17) is 9.47 Å². The minimum Gasteiger partial charge on any atom is -0.488 e. The van der Waals surface area contributed by atoms with Gasteiger partial charge in [0.25, 0.3) is 0 Å². The molecular weight excluding hydrogens is 390 g/mol. The van der Waals surface area contributed by atoms with E-state index in [1.807, 2.05) is 59.5 Å². The van der Waals surface area contributed by atoms with Crippen molar-refractivity contribution in [1.29, 1.82) is 0 Å². The zero-order valence-corrected chi connectivity index (χ0v) is 17.5. The number of benzene rings is 2. The standard InChI is InChI=1S/C25H27N3O3/c29-24-14-21-22(16-28(24)15-18-10-12-30-13-11-18)26-27-25(21)20-8-4-5-9-23(20)31-17-19-6-2-1-3-7-19/h1-9,18H,10-17H2,(H,26,27). The fraction of sp³-hybridized carbons (Fsp3) is 0.360. The quantitative estimate of drug-likeness (QED) is 0.659. The molecule has 1 saturated heterocycles. The Hall–Kier alpha value is -3.12. The van der Waals surface area contributed by atoms with Crippen molar-refractivity contribution >= 4 is 5.91 Å². The first-order chi connectivity index (χ1) is 15.3. The van der Waals surface area contributed by atoms with Crippen LogP contribution in [0.15, 0.2) is 54.6 Å². The van der Waals surface area contributed by atoms with Crippen LogP contribution in [0.1, 0.15) is 29.7 Å². The Balaban J connectivity index is 1.35. The topological polar surface area (TPSA) is 67.5 Å². The summed E-state index contributed by atoms with van der Waals surface area (Å²) >= 11 is 0. The minimum absolute atomic E-state index is 0.171. The van der Waals surface area contributed by atoms with Crippen molar-refractivity contribution in [2.75, 3.05) is 19.8 Å². The monoisotopic (exact) mass is 417 g/mol. The van der Waals surface area contributed by atoms with Gasteiger partial charge in [-0.1, -0.05) is 42.5 Å². The highest BCUT2D eigenvalue weighted by Gasteiger charge is 2.30. The lowest BCUT2D eigenvalue weighted by atomic mass is 9.96. The summed E-state index contributed by atoms with van der Waals surface area (Å²) < 4.78 is 11.6. The second-order valence-electron chi connectivity index (χ2n) is 8.31. The summed E-state index contributed by atoms with van der Waals surface area (Å²) in [5.41, 5.74) is 4.86. The van der Waals surface area contributed by atoms with Crippen LogP contribution in [-0.4, -0.2) is 40.8 Å². The summed E-state index contributed by atoms with van der Waals surface area (Å²) in [5, 5.41) is 7.78. The minimum atomic E-state index is 0.171. The van der Waals surface area contributed by atoms with Crippen molar-refractivity contribution < 1.29 is 14.3 Å². The van der Waals surface area contributed by atoms with Gasteiger partial charge in [-0.15, -0.1) is 0 Å². The maximum Gasteiger partial charge on any atom is 0.227 e. The van der Waals surface area contributed by atoms with Crippen LogP contribution in [0.5, 0.6) is 5.75 Å². The van der Waals surface area contributed by atoms with Crippen LogP contribution in [0.25, 0.3) is 11.3 Å². The molecule has 31 heavy (non-hydrogen) atoms. The van der Waals surface area contributed by atoms with E-state index < -0.39 is 0 Å². The zero-order valence-electron chi connectivity index (χ0n) is 17.5. The molecule has 1 amide bonds. The number of aromatic amines is 1. The summed E-state index contributed by atoms with van der Waals surface area (Å²) in [4.78, 5) is 14.9. The van der Waals surface area contributed by atoms with E-state index in [0.717, 1.165) is 66.4 Å². The van der Waals surface area contributed by atoms with Crippen LogP contribution in [0, 0.1) is 5.92 Å². The fourth-order valence-electron chi connectivity index (χ4n) is 4.42. The normalized spacial score (nSPS) is 16.9. The molecule has 3 heterocycles. The summed E-state index contributed by atoms with van der Waals surface area (Å²) in [5.74, 6) is 1.47. The Morgan fingerprint density at radius 1 is 1.06 bits per heavy atom. The van der Waals surface area contributed by atoms with Gasteiger partial charge in [-0.3, -0.25) is 9.89 Å². The molecule has 0 aliphatic carbocycles. The molecule has 2 aromatic carbocycles. The van der Waals surface area contributed by atoms with E-state index >= 15 is 0 Å². The first-order valence-corrected chi connectivity index (χ1v) is 11.0. The molecule has 1 N–H and O–H groups in total. The Bertz CT molecular complexity index is 1040. The van der Waals surface area contributed by atoms with Gasteiger partial charge < -0.3 is 14.4 Å².